The minimum Gasteiger partial charge on any atom is -0.494 e. The Labute approximate surface area is 156 Å². The van der Waals surface area contributed by atoms with Gasteiger partial charge in [-0.2, -0.15) is 11.3 Å². The van der Waals surface area contributed by atoms with Gasteiger partial charge in [0.25, 0.3) is 0 Å². The molecule has 1 aliphatic rings. The maximum Gasteiger partial charge on any atom is 0.229 e. The van der Waals surface area contributed by atoms with Gasteiger partial charge in [-0.1, -0.05) is 0 Å². The van der Waals surface area contributed by atoms with Gasteiger partial charge in [0, 0.05) is 29.6 Å². The molecule has 4 rings (SSSR count). The SMILES string of the molecule is CCOc1ccc(NC(=O)C2CCc3ncc(-c4ccsc4)n3C2)cc1. The second kappa shape index (κ2) is 7.33. The van der Waals surface area contributed by atoms with Crippen molar-refractivity contribution in [3.8, 4) is 17.0 Å². The van der Waals surface area contributed by atoms with Gasteiger partial charge in [-0.05, 0) is 49.1 Å². The standard InChI is InChI=1S/C20H21N3O2S/c1-2-25-17-6-4-16(5-7-17)22-20(24)14-3-8-19-21-11-18(23(19)12-14)15-9-10-26-13-15/h4-7,9-11,13-14H,2-3,8,12H2,1H3,(H,22,24). The Morgan fingerprint density at radius 1 is 1.35 bits per heavy atom. The van der Waals surface area contributed by atoms with Gasteiger partial charge < -0.3 is 14.6 Å². The van der Waals surface area contributed by atoms with Crippen LogP contribution in [0.25, 0.3) is 11.3 Å². The lowest BCUT2D eigenvalue weighted by Gasteiger charge is -2.24. The van der Waals surface area contributed by atoms with E-state index in [4.69, 9.17) is 4.74 Å². The average molecular weight is 367 g/mol. The molecule has 1 atom stereocenters. The number of carbonyl (C=O) groups is 1. The Hall–Kier alpha value is -2.60. The first-order valence-electron chi connectivity index (χ1n) is 8.85. The summed E-state index contributed by atoms with van der Waals surface area (Å²) in [6.07, 6.45) is 3.57. The van der Waals surface area contributed by atoms with Crippen LogP contribution in [0.4, 0.5) is 5.69 Å². The molecule has 0 fully saturated rings. The molecular formula is C20H21N3O2S. The van der Waals surface area contributed by atoms with Crippen molar-refractivity contribution in [1.29, 1.82) is 0 Å². The van der Waals surface area contributed by atoms with Crippen molar-refractivity contribution in [2.75, 3.05) is 11.9 Å². The lowest BCUT2D eigenvalue weighted by molar-refractivity contribution is -0.120. The number of ether oxygens (including phenoxy) is 1. The molecule has 0 aliphatic carbocycles. The Morgan fingerprint density at radius 2 is 2.19 bits per heavy atom. The molecule has 3 heterocycles. The maximum absolute atomic E-state index is 12.7. The summed E-state index contributed by atoms with van der Waals surface area (Å²) in [4.78, 5) is 17.3. The molecule has 134 valence electrons. The highest BCUT2D eigenvalue weighted by Crippen LogP contribution is 2.29. The lowest BCUT2D eigenvalue weighted by atomic mass is 9.98. The van der Waals surface area contributed by atoms with Crippen LogP contribution in [0.1, 0.15) is 19.2 Å². The van der Waals surface area contributed by atoms with Crippen LogP contribution in [0, 0.1) is 5.92 Å². The number of anilines is 1. The predicted molar refractivity (Wildman–Crippen MR) is 104 cm³/mol. The highest BCUT2D eigenvalue weighted by atomic mass is 32.1. The Kier molecular flexibility index (Phi) is 4.75. The van der Waals surface area contributed by atoms with Crippen molar-refractivity contribution in [3.63, 3.8) is 0 Å². The first-order valence-corrected chi connectivity index (χ1v) is 9.79. The van der Waals surface area contributed by atoms with E-state index >= 15 is 0 Å². The summed E-state index contributed by atoms with van der Waals surface area (Å²) in [7, 11) is 0. The average Bonchev–Trinajstić information content (AvgIpc) is 3.32. The Morgan fingerprint density at radius 3 is 2.92 bits per heavy atom. The molecule has 26 heavy (non-hydrogen) atoms. The van der Waals surface area contributed by atoms with Crippen molar-refractivity contribution in [2.45, 2.75) is 26.3 Å². The third-order valence-corrected chi connectivity index (χ3v) is 5.36. The summed E-state index contributed by atoms with van der Waals surface area (Å²) in [5.74, 6) is 1.88. The third kappa shape index (κ3) is 3.37. The summed E-state index contributed by atoms with van der Waals surface area (Å²) >= 11 is 1.67. The summed E-state index contributed by atoms with van der Waals surface area (Å²) in [6, 6.07) is 9.61. The van der Waals surface area contributed by atoms with Gasteiger partial charge in [-0.15, -0.1) is 0 Å². The first kappa shape index (κ1) is 16.8. The minimum absolute atomic E-state index is 0.0549. The number of hydrogen-bond acceptors (Lipinski definition) is 4. The van der Waals surface area contributed by atoms with Gasteiger partial charge in [-0.25, -0.2) is 4.98 Å². The first-order chi connectivity index (χ1) is 12.7. The summed E-state index contributed by atoms with van der Waals surface area (Å²) < 4.78 is 7.63. The van der Waals surface area contributed by atoms with Crippen molar-refractivity contribution in [2.24, 2.45) is 5.92 Å². The highest BCUT2D eigenvalue weighted by Gasteiger charge is 2.27. The van der Waals surface area contributed by atoms with Crippen molar-refractivity contribution in [1.82, 2.24) is 9.55 Å². The molecule has 1 unspecified atom stereocenters. The van der Waals surface area contributed by atoms with Crippen LogP contribution in [0.3, 0.4) is 0 Å². The molecule has 2 aromatic heterocycles. The number of nitrogens with zero attached hydrogens (tertiary/aromatic N) is 2. The second-order valence-corrected chi connectivity index (χ2v) is 7.14. The van der Waals surface area contributed by atoms with Crippen LogP contribution < -0.4 is 10.1 Å². The van der Waals surface area contributed by atoms with Crippen LogP contribution in [-0.4, -0.2) is 22.1 Å². The smallest absolute Gasteiger partial charge is 0.229 e. The number of benzene rings is 1. The van der Waals surface area contributed by atoms with Crippen molar-refractivity contribution >= 4 is 22.9 Å². The van der Waals surface area contributed by atoms with E-state index in [1.807, 2.05) is 37.4 Å². The number of hydrogen-bond donors (Lipinski definition) is 1. The third-order valence-electron chi connectivity index (χ3n) is 4.68. The van der Waals surface area contributed by atoms with Gasteiger partial charge in [0.2, 0.25) is 5.91 Å². The number of nitrogens with one attached hydrogen (secondary N) is 1. The number of aryl methyl sites for hydroxylation is 1. The number of carbonyl (C=O) groups excluding carboxylic acids is 1. The van der Waals surface area contributed by atoms with E-state index in [0.29, 0.717) is 13.2 Å². The minimum atomic E-state index is -0.0549. The molecule has 1 aromatic carbocycles. The number of thiophene rings is 1. The Bertz CT molecular complexity index is 884. The monoisotopic (exact) mass is 367 g/mol. The molecule has 0 radical (unpaired) electrons. The van der Waals surface area contributed by atoms with Crippen molar-refractivity contribution < 1.29 is 9.53 Å². The zero-order chi connectivity index (χ0) is 17.9. The molecule has 1 aliphatic heterocycles. The van der Waals surface area contributed by atoms with E-state index in [9.17, 15) is 4.79 Å². The molecule has 0 saturated carbocycles. The molecule has 3 aromatic rings. The number of rotatable bonds is 5. The van der Waals surface area contributed by atoms with Gasteiger partial charge in [-0.3, -0.25) is 4.79 Å². The van der Waals surface area contributed by atoms with E-state index in [-0.39, 0.29) is 11.8 Å². The fourth-order valence-corrected chi connectivity index (χ4v) is 3.98. The zero-order valence-corrected chi connectivity index (χ0v) is 15.5. The van der Waals surface area contributed by atoms with E-state index in [1.54, 1.807) is 11.3 Å². The molecule has 6 heteroatoms. The summed E-state index contributed by atoms with van der Waals surface area (Å²) in [5, 5.41) is 7.21. The van der Waals surface area contributed by atoms with Crippen LogP contribution >= 0.6 is 11.3 Å². The van der Waals surface area contributed by atoms with Crippen LogP contribution in [0.5, 0.6) is 5.75 Å². The summed E-state index contributed by atoms with van der Waals surface area (Å²) in [5.41, 5.74) is 3.06. The fraction of sp³-hybridized carbons (Fsp3) is 0.300. The molecule has 1 amide bonds. The van der Waals surface area contributed by atoms with E-state index in [0.717, 1.165) is 35.8 Å². The Balaban J connectivity index is 1.46. The van der Waals surface area contributed by atoms with Crippen LogP contribution in [0.15, 0.2) is 47.3 Å². The highest BCUT2D eigenvalue weighted by molar-refractivity contribution is 7.08. The molecule has 0 spiro atoms. The summed E-state index contributed by atoms with van der Waals surface area (Å²) in [6.45, 7) is 3.25. The number of amides is 1. The van der Waals surface area contributed by atoms with Crippen molar-refractivity contribution in [3.05, 3.63) is 53.1 Å². The topological polar surface area (TPSA) is 56.1 Å². The van der Waals surface area contributed by atoms with E-state index < -0.39 is 0 Å². The van der Waals surface area contributed by atoms with Gasteiger partial charge >= 0.3 is 0 Å². The van der Waals surface area contributed by atoms with Crippen LogP contribution in [0.2, 0.25) is 0 Å². The maximum atomic E-state index is 12.7. The quantitative estimate of drug-likeness (QED) is 0.735. The predicted octanol–water partition coefficient (Wildman–Crippen LogP) is 4.21. The molecular weight excluding hydrogens is 346 g/mol. The second-order valence-electron chi connectivity index (χ2n) is 6.36. The number of aromatic nitrogens is 2. The van der Waals surface area contributed by atoms with Gasteiger partial charge in [0.05, 0.1) is 24.4 Å². The fourth-order valence-electron chi connectivity index (χ4n) is 3.33. The number of imidazole rings is 1. The lowest BCUT2D eigenvalue weighted by Crippen LogP contribution is -2.31. The molecule has 5 nitrogen and oxygen atoms in total. The number of fused-ring (bicyclic) bond motifs is 1. The van der Waals surface area contributed by atoms with E-state index in [2.05, 4.69) is 31.7 Å². The zero-order valence-electron chi connectivity index (χ0n) is 14.6. The van der Waals surface area contributed by atoms with Crippen LogP contribution in [-0.2, 0) is 17.8 Å². The molecule has 0 bridgehead atoms. The van der Waals surface area contributed by atoms with E-state index in [1.165, 1.54) is 5.56 Å². The van der Waals surface area contributed by atoms with Gasteiger partial charge in [0.15, 0.2) is 0 Å². The van der Waals surface area contributed by atoms with Gasteiger partial charge in [0.1, 0.15) is 11.6 Å². The molecule has 0 saturated heterocycles. The normalized spacial score (nSPS) is 16.1. The largest absolute Gasteiger partial charge is 0.494 e. The molecule has 1 N–H and O–H groups in total.